The van der Waals surface area contributed by atoms with Gasteiger partial charge < -0.3 is 13.9 Å². The molecule has 0 spiro atoms. The fraction of sp³-hybridized carbons (Fsp3) is 0.321. The third-order valence-electron chi connectivity index (χ3n) is 5.64. The first kappa shape index (κ1) is 24.7. The molecule has 4 nitrogen and oxygen atoms in total. The van der Waals surface area contributed by atoms with Crippen molar-refractivity contribution in [1.29, 1.82) is 5.26 Å². The molecule has 3 atom stereocenters. The van der Waals surface area contributed by atoms with E-state index in [1.807, 2.05) is 91.9 Å². The van der Waals surface area contributed by atoms with Gasteiger partial charge in [0, 0.05) is 0 Å². The predicted octanol–water partition coefficient (Wildman–Crippen LogP) is 6.33. The Morgan fingerprint density at radius 2 is 1.39 bits per heavy atom. The predicted molar refractivity (Wildman–Crippen MR) is 135 cm³/mol. The largest absolute Gasteiger partial charge is 0.497 e. The van der Waals surface area contributed by atoms with E-state index in [1.165, 1.54) is 0 Å². The summed E-state index contributed by atoms with van der Waals surface area (Å²) >= 11 is 0. The van der Waals surface area contributed by atoms with Crippen molar-refractivity contribution >= 4 is 8.32 Å². The van der Waals surface area contributed by atoms with E-state index in [0.717, 1.165) is 22.4 Å². The molecule has 3 aromatic carbocycles. The Balaban J connectivity index is 2.11. The fourth-order valence-electron chi connectivity index (χ4n) is 4.05. The lowest BCUT2D eigenvalue weighted by molar-refractivity contribution is -0.0436. The van der Waals surface area contributed by atoms with E-state index in [9.17, 15) is 5.26 Å². The zero-order chi connectivity index (χ0) is 23.9. The molecule has 172 valence electrons. The standard InChI is InChI=1S/C28H33NO3Si/c1-22(31-20-23-12-8-6-9-13-23)27(32-33(3,4)5)28(21-29,24-14-10-7-11-15-24)25-16-18-26(30-2)19-17-25/h6-19,22,27H,20H2,1-5H3/t22-,27+,28+/m0/s1. The minimum absolute atomic E-state index is 0.334. The summed E-state index contributed by atoms with van der Waals surface area (Å²) in [7, 11) is -0.418. The smallest absolute Gasteiger partial charge is 0.184 e. The Morgan fingerprint density at radius 1 is 0.848 bits per heavy atom. The molecule has 0 saturated carbocycles. The summed E-state index contributed by atoms with van der Waals surface area (Å²) in [6.07, 6.45) is -0.840. The van der Waals surface area contributed by atoms with Gasteiger partial charge in [-0.05, 0) is 55.4 Å². The van der Waals surface area contributed by atoms with E-state index in [0.29, 0.717) is 6.61 Å². The second kappa shape index (κ2) is 10.8. The molecule has 33 heavy (non-hydrogen) atoms. The van der Waals surface area contributed by atoms with E-state index in [2.05, 4.69) is 25.7 Å². The lowest BCUT2D eigenvalue weighted by Gasteiger charge is -2.42. The van der Waals surface area contributed by atoms with Crippen molar-refractivity contribution in [2.45, 2.75) is 50.8 Å². The van der Waals surface area contributed by atoms with Crippen molar-refractivity contribution in [2.24, 2.45) is 0 Å². The van der Waals surface area contributed by atoms with Gasteiger partial charge in [0.25, 0.3) is 0 Å². The number of methoxy groups -OCH3 is 1. The lowest BCUT2D eigenvalue weighted by Crippen LogP contribution is -2.52. The number of nitriles is 1. The summed E-state index contributed by atoms with van der Waals surface area (Å²) < 4.78 is 18.5. The molecular formula is C28H33NO3Si. The van der Waals surface area contributed by atoms with Crippen LogP contribution in [0.2, 0.25) is 19.6 Å². The molecule has 0 bridgehead atoms. The third kappa shape index (κ3) is 5.91. The monoisotopic (exact) mass is 459 g/mol. The van der Waals surface area contributed by atoms with Gasteiger partial charge in [-0.1, -0.05) is 72.8 Å². The molecule has 0 saturated heterocycles. The molecular weight excluding hydrogens is 426 g/mol. The van der Waals surface area contributed by atoms with Crippen LogP contribution in [0.15, 0.2) is 84.9 Å². The van der Waals surface area contributed by atoms with E-state index in [1.54, 1.807) is 7.11 Å². The molecule has 0 N–H and O–H groups in total. The molecule has 0 aromatic heterocycles. The number of ether oxygens (including phenoxy) is 2. The van der Waals surface area contributed by atoms with Crippen LogP contribution in [0.1, 0.15) is 23.6 Å². The normalized spacial score (nSPS) is 15.2. The van der Waals surface area contributed by atoms with Crippen molar-refractivity contribution in [1.82, 2.24) is 0 Å². The highest BCUT2D eigenvalue weighted by Gasteiger charge is 2.48. The van der Waals surface area contributed by atoms with E-state index >= 15 is 0 Å². The minimum Gasteiger partial charge on any atom is -0.497 e. The van der Waals surface area contributed by atoms with Crippen LogP contribution < -0.4 is 4.74 Å². The molecule has 0 aliphatic heterocycles. The SMILES string of the molecule is COc1ccc([C@@](C#N)(c2ccccc2)[C@H](O[Si](C)(C)C)[C@H](C)OCc2ccccc2)cc1. The van der Waals surface area contributed by atoms with Crippen LogP contribution >= 0.6 is 0 Å². The Labute approximate surface area is 198 Å². The van der Waals surface area contributed by atoms with E-state index in [4.69, 9.17) is 13.9 Å². The molecule has 0 amide bonds. The number of nitrogens with zero attached hydrogens (tertiary/aromatic N) is 1. The number of rotatable bonds is 10. The van der Waals surface area contributed by atoms with Gasteiger partial charge in [-0.15, -0.1) is 0 Å². The van der Waals surface area contributed by atoms with Gasteiger partial charge in [0.05, 0.1) is 32.0 Å². The summed E-state index contributed by atoms with van der Waals surface area (Å²) in [6.45, 7) is 8.89. The zero-order valence-corrected chi connectivity index (χ0v) is 21.1. The maximum atomic E-state index is 10.8. The zero-order valence-electron chi connectivity index (χ0n) is 20.1. The summed E-state index contributed by atoms with van der Waals surface area (Å²) in [5.74, 6) is 0.745. The summed E-state index contributed by atoms with van der Waals surface area (Å²) in [5.41, 5.74) is 1.78. The fourth-order valence-corrected chi connectivity index (χ4v) is 5.18. The van der Waals surface area contributed by atoms with Gasteiger partial charge in [-0.3, -0.25) is 0 Å². The first-order valence-electron chi connectivity index (χ1n) is 11.2. The van der Waals surface area contributed by atoms with Crippen LogP contribution in [-0.2, 0) is 21.2 Å². The van der Waals surface area contributed by atoms with Crippen molar-refractivity contribution in [3.05, 3.63) is 102 Å². The van der Waals surface area contributed by atoms with Crippen LogP contribution in [0.4, 0.5) is 0 Å². The molecule has 0 radical (unpaired) electrons. The highest BCUT2D eigenvalue weighted by atomic mass is 28.4. The van der Waals surface area contributed by atoms with Gasteiger partial charge in [0.15, 0.2) is 8.32 Å². The van der Waals surface area contributed by atoms with Crippen molar-refractivity contribution in [2.75, 3.05) is 7.11 Å². The maximum absolute atomic E-state index is 10.8. The molecule has 3 aromatic rings. The molecule has 0 heterocycles. The summed E-state index contributed by atoms with van der Waals surface area (Å²) in [6, 6.07) is 30.3. The molecule has 0 aliphatic rings. The van der Waals surface area contributed by atoms with Crippen LogP contribution in [0, 0.1) is 11.3 Å². The van der Waals surface area contributed by atoms with E-state index in [-0.39, 0.29) is 6.10 Å². The van der Waals surface area contributed by atoms with Crippen molar-refractivity contribution in [3.8, 4) is 11.8 Å². The Kier molecular flexibility index (Phi) is 8.09. The molecule has 3 rings (SSSR count). The van der Waals surface area contributed by atoms with Gasteiger partial charge in [-0.2, -0.15) is 5.26 Å². The van der Waals surface area contributed by atoms with Crippen LogP contribution in [-0.4, -0.2) is 27.6 Å². The van der Waals surface area contributed by atoms with Crippen molar-refractivity contribution in [3.63, 3.8) is 0 Å². The average Bonchev–Trinajstić information content (AvgIpc) is 2.83. The number of hydrogen-bond acceptors (Lipinski definition) is 4. The molecule has 0 unspecified atom stereocenters. The average molecular weight is 460 g/mol. The topological polar surface area (TPSA) is 51.5 Å². The van der Waals surface area contributed by atoms with Crippen LogP contribution in [0.25, 0.3) is 0 Å². The Morgan fingerprint density at radius 3 is 1.91 bits per heavy atom. The highest BCUT2D eigenvalue weighted by molar-refractivity contribution is 6.69. The molecule has 0 aliphatic carbocycles. The van der Waals surface area contributed by atoms with Crippen LogP contribution in [0.3, 0.4) is 0 Å². The third-order valence-corrected chi connectivity index (χ3v) is 6.60. The van der Waals surface area contributed by atoms with E-state index < -0.39 is 19.8 Å². The van der Waals surface area contributed by atoms with Crippen LogP contribution in [0.5, 0.6) is 5.75 Å². The van der Waals surface area contributed by atoms with Gasteiger partial charge in [-0.25, -0.2) is 0 Å². The lowest BCUT2D eigenvalue weighted by atomic mass is 9.70. The number of hydrogen-bond donors (Lipinski definition) is 0. The molecule has 5 heteroatoms. The van der Waals surface area contributed by atoms with Gasteiger partial charge in [0.1, 0.15) is 11.2 Å². The quantitative estimate of drug-likeness (QED) is 0.332. The summed E-state index contributed by atoms with van der Waals surface area (Å²) in [5, 5.41) is 10.8. The first-order chi connectivity index (χ1) is 15.8. The highest BCUT2D eigenvalue weighted by Crippen LogP contribution is 2.41. The first-order valence-corrected chi connectivity index (χ1v) is 14.7. The second-order valence-electron chi connectivity index (χ2n) is 9.17. The Bertz CT molecular complexity index is 1040. The second-order valence-corrected chi connectivity index (χ2v) is 13.6. The molecule has 0 fully saturated rings. The summed E-state index contributed by atoms with van der Waals surface area (Å²) in [4.78, 5) is 0. The maximum Gasteiger partial charge on any atom is 0.184 e. The minimum atomic E-state index is -2.06. The van der Waals surface area contributed by atoms with Gasteiger partial charge >= 0.3 is 0 Å². The Hall–Kier alpha value is -2.91. The van der Waals surface area contributed by atoms with Crippen molar-refractivity contribution < 1.29 is 13.9 Å². The van der Waals surface area contributed by atoms with Gasteiger partial charge in [0.2, 0.25) is 0 Å². The number of benzene rings is 3.